The Hall–Kier alpha value is -0.590. The molecule has 2 aromatic carbocycles. The van der Waals surface area contributed by atoms with E-state index in [0.717, 1.165) is 0 Å². The van der Waals surface area contributed by atoms with Crippen molar-refractivity contribution in [1.82, 2.24) is 0 Å². The van der Waals surface area contributed by atoms with Crippen LogP contribution < -0.4 is 29.6 Å². The van der Waals surface area contributed by atoms with Gasteiger partial charge < -0.3 is 6.53 Å². The van der Waals surface area contributed by atoms with Gasteiger partial charge in [-0.05, 0) is 12.1 Å². The summed E-state index contributed by atoms with van der Waals surface area (Å²) in [6, 6.07) is 8.84. The molecule has 0 aliphatic heterocycles. The van der Waals surface area contributed by atoms with Crippen LogP contribution in [0.4, 0.5) is 0 Å². The van der Waals surface area contributed by atoms with Gasteiger partial charge in [-0.2, -0.15) is 8.42 Å². The van der Waals surface area contributed by atoms with E-state index >= 15 is 0 Å². The summed E-state index contributed by atoms with van der Waals surface area (Å²) < 4.78 is 31.0. The van der Waals surface area contributed by atoms with Gasteiger partial charge in [-0.1, -0.05) is 24.3 Å². The molecule has 0 aromatic heterocycles. The van der Waals surface area contributed by atoms with Crippen molar-refractivity contribution >= 4 is 20.9 Å². The van der Waals surface area contributed by atoms with Gasteiger partial charge in [0.2, 0.25) is 0 Å². The van der Waals surface area contributed by atoms with Crippen LogP contribution in [0.2, 0.25) is 0 Å². The van der Waals surface area contributed by atoms with E-state index in [-0.39, 0.29) is 41.6 Å². The minimum atomic E-state index is -4.26. The summed E-state index contributed by atoms with van der Waals surface area (Å²) in [6.45, 7) is 0. The Balaban J connectivity index is 0.00000128. The Morgan fingerprint density at radius 3 is 2.12 bits per heavy atom. The SMILES string of the molecule is O=S(=O)(O)c1ccc(O)c2ccccc12.[H-].[Na+]. The van der Waals surface area contributed by atoms with Gasteiger partial charge in [-0.15, -0.1) is 0 Å². The van der Waals surface area contributed by atoms with E-state index in [9.17, 15) is 13.5 Å². The average molecular weight is 248 g/mol. The number of phenols is 1. The summed E-state index contributed by atoms with van der Waals surface area (Å²) in [6.07, 6.45) is 0. The van der Waals surface area contributed by atoms with Gasteiger partial charge >= 0.3 is 29.6 Å². The Morgan fingerprint density at radius 2 is 1.56 bits per heavy atom. The minimum absolute atomic E-state index is 0. The molecule has 6 heteroatoms. The van der Waals surface area contributed by atoms with Gasteiger partial charge in [-0.25, -0.2) is 0 Å². The third-order valence-electron chi connectivity index (χ3n) is 2.14. The number of aromatic hydroxyl groups is 1. The topological polar surface area (TPSA) is 74.6 Å². The minimum Gasteiger partial charge on any atom is -1.00 e. The van der Waals surface area contributed by atoms with Crippen molar-refractivity contribution in [3.05, 3.63) is 36.4 Å². The summed E-state index contributed by atoms with van der Waals surface area (Å²) in [5, 5.41) is 10.2. The Kier molecular flexibility index (Phi) is 3.98. The summed E-state index contributed by atoms with van der Waals surface area (Å²) in [5.74, 6) is -0.0157. The summed E-state index contributed by atoms with van der Waals surface area (Å²) in [5.41, 5.74) is 0. The van der Waals surface area contributed by atoms with Gasteiger partial charge in [0.15, 0.2) is 0 Å². The van der Waals surface area contributed by atoms with Crippen molar-refractivity contribution in [2.24, 2.45) is 0 Å². The van der Waals surface area contributed by atoms with Crippen LogP contribution >= 0.6 is 0 Å². The van der Waals surface area contributed by atoms with Gasteiger partial charge in [0, 0.05) is 10.8 Å². The van der Waals surface area contributed by atoms with Crippen molar-refractivity contribution in [2.75, 3.05) is 0 Å². The van der Waals surface area contributed by atoms with Crippen LogP contribution in [0.25, 0.3) is 10.8 Å². The van der Waals surface area contributed by atoms with E-state index in [0.29, 0.717) is 10.8 Å². The molecular formula is C10H9NaO4S. The van der Waals surface area contributed by atoms with Crippen LogP contribution in [0.15, 0.2) is 41.3 Å². The third kappa shape index (κ3) is 2.39. The van der Waals surface area contributed by atoms with E-state index < -0.39 is 10.1 Å². The monoisotopic (exact) mass is 248 g/mol. The largest absolute Gasteiger partial charge is 1.00 e. The molecule has 0 aliphatic rings. The van der Waals surface area contributed by atoms with Crippen LogP contribution in [0, 0.1) is 0 Å². The van der Waals surface area contributed by atoms with Crippen LogP contribution in [0.3, 0.4) is 0 Å². The van der Waals surface area contributed by atoms with Gasteiger partial charge in [0.05, 0.1) is 0 Å². The van der Waals surface area contributed by atoms with Crippen molar-refractivity contribution in [3.63, 3.8) is 0 Å². The molecule has 4 nitrogen and oxygen atoms in total. The fraction of sp³-hybridized carbons (Fsp3) is 0. The quantitative estimate of drug-likeness (QED) is 0.496. The predicted octanol–water partition coefficient (Wildman–Crippen LogP) is -1.09. The molecule has 2 rings (SSSR count). The van der Waals surface area contributed by atoms with Crippen LogP contribution in [0.1, 0.15) is 1.43 Å². The molecular weight excluding hydrogens is 239 g/mol. The number of hydrogen-bond acceptors (Lipinski definition) is 3. The molecule has 0 saturated carbocycles. The van der Waals surface area contributed by atoms with E-state index in [1.54, 1.807) is 18.2 Å². The van der Waals surface area contributed by atoms with Crippen molar-refractivity contribution in [1.29, 1.82) is 0 Å². The molecule has 0 fully saturated rings. The van der Waals surface area contributed by atoms with Crippen LogP contribution in [-0.2, 0) is 10.1 Å². The number of rotatable bonds is 1. The first-order chi connectivity index (χ1) is 7.00. The molecule has 0 radical (unpaired) electrons. The molecule has 0 amide bonds. The van der Waals surface area contributed by atoms with E-state index in [2.05, 4.69) is 0 Å². The molecule has 0 aliphatic carbocycles. The fourth-order valence-electron chi connectivity index (χ4n) is 1.48. The number of phenolic OH excluding ortho intramolecular Hbond substituents is 1. The predicted molar refractivity (Wildman–Crippen MR) is 56.5 cm³/mol. The zero-order chi connectivity index (χ0) is 11.1. The first-order valence-electron chi connectivity index (χ1n) is 4.18. The van der Waals surface area contributed by atoms with Crippen molar-refractivity contribution in [3.8, 4) is 5.75 Å². The Labute approximate surface area is 116 Å². The smallest absolute Gasteiger partial charge is 1.00 e. The molecule has 2 N–H and O–H groups in total. The standard InChI is InChI=1S/C10H8O4S.Na.H/c11-9-5-6-10(15(12,13)14)8-4-2-1-3-7(8)9;;/h1-6,11H,(H,12,13,14);;/q;+1;-1. The maximum absolute atomic E-state index is 11.0. The summed E-state index contributed by atoms with van der Waals surface area (Å²) in [4.78, 5) is -0.198. The maximum atomic E-state index is 11.0. The fourth-order valence-corrected chi connectivity index (χ4v) is 2.18. The van der Waals surface area contributed by atoms with Gasteiger partial charge in [-0.3, -0.25) is 4.55 Å². The summed E-state index contributed by atoms with van der Waals surface area (Å²) in [7, 11) is -4.26. The molecule has 0 heterocycles. The maximum Gasteiger partial charge on any atom is 1.00 e. The van der Waals surface area contributed by atoms with Crippen molar-refractivity contribution < 1.29 is 49.1 Å². The molecule has 0 spiro atoms. The first kappa shape index (κ1) is 13.5. The summed E-state index contributed by atoms with van der Waals surface area (Å²) >= 11 is 0. The normalized spacial score (nSPS) is 11.1. The second kappa shape index (κ2) is 4.73. The second-order valence-corrected chi connectivity index (χ2v) is 4.49. The second-order valence-electron chi connectivity index (χ2n) is 3.10. The molecule has 2 aromatic rings. The van der Waals surface area contributed by atoms with E-state index in [1.165, 1.54) is 18.2 Å². The van der Waals surface area contributed by atoms with Gasteiger partial charge in [0.25, 0.3) is 10.1 Å². The number of fused-ring (bicyclic) bond motifs is 1. The number of hydrogen-bond donors (Lipinski definition) is 2. The zero-order valence-electron chi connectivity index (χ0n) is 9.58. The first-order valence-corrected chi connectivity index (χ1v) is 5.62. The van der Waals surface area contributed by atoms with E-state index in [4.69, 9.17) is 4.55 Å². The zero-order valence-corrected chi connectivity index (χ0v) is 11.4. The number of benzene rings is 2. The molecule has 80 valence electrons. The Morgan fingerprint density at radius 1 is 1.00 bits per heavy atom. The molecule has 0 saturated heterocycles. The molecule has 0 atom stereocenters. The van der Waals surface area contributed by atoms with Crippen LogP contribution in [0.5, 0.6) is 5.75 Å². The van der Waals surface area contributed by atoms with Crippen LogP contribution in [-0.4, -0.2) is 18.1 Å². The Bertz CT molecular complexity index is 627. The average Bonchev–Trinajstić information content (AvgIpc) is 2.17. The third-order valence-corrected chi connectivity index (χ3v) is 3.05. The van der Waals surface area contributed by atoms with E-state index in [1.807, 2.05) is 0 Å². The molecule has 0 bridgehead atoms. The molecule has 0 unspecified atom stereocenters. The van der Waals surface area contributed by atoms with Gasteiger partial charge in [0.1, 0.15) is 10.6 Å². The van der Waals surface area contributed by atoms with Crippen molar-refractivity contribution in [2.45, 2.75) is 4.90 Å². The molecule has 16 heavy (non-hydrogen) atoms.